The Bertz CT molecular complexity index is 547. The molecule has 0 aliphatic rings. The monoisotopic (exact) mass is 286 g/mol. The summed E-state index contributed by atoms with van der Waals surface area (Å²) in [7, 11) is 1.38. The molecule has 90 valence electrons. The van der Waals surface area contributed by atoms with Crippen LogP contribution >= 0.6 is 34.4 Å². The van der Waals surface area contributed by atoms with Crippen molar-refractivity contribution in [2.75, 3.05) is 19.1 Å². The van der Waals surface area contributed by atoms with Gasteiger partial charge in [-0.2, -0.15) is 0 Å². The number of esters is 1. The first-order chi connectivity index (χ1) is 8.15. The average Bonchev–Trinajstić information content (AvgIpc) is 2.93. The number of hydrogen-bond acceptors (Lipinski definition) is 7. The minimum Gasteiger partial charge on any atom is -0.465 e. The van der Waals surface area contributed by atoms with Gasteiger partial charge in [0.1, 0.15) is 4.88 Å². The fraction of sp³-hybridized carbons (Fsp3) is 0.200. The molecule has 0 unspecified atom stereocenters. The van der Waals surface area contributed by atoms with Crippen LogP contribution in [0.25, 0.3) is 11.3 Å². The molecule has 0 spiro atoms. The van der Waals surface area contributed by atoms with Crippen molar-refractivity contribution in [3.05, 3.63) is 16.3 Å². The number of hydrogen-bond donors (Lipinski definition) is 1. The number of nitrogens with two attached hydrogens (primary N) is 1. The Labute approximate surface area is 111 Å². The van der Waals surface area contributed by atoms with E-state index in [2.05, 4.69) is 4.98 Å². The van der Waals surface area contributed by atoms with Crippen LogP contribution in [0.5, 0.6) is 0 Å². The number of aromatic nitrogens is 1. The molecule has 0 aromatic carbocycles. The number of nitrogen functional groups attached to an aromatic ring is 1. The maximum absolute atomic E-state index is 11.5. The Morgan fingerprint density at radius 3 is 2.88 bits per heavy atom. The summed E-state index contributed by atoms with van der Waals surface area (Å²) in [6, 6.07) is 1.80. The van der Waals surface area contributed by atoms with Crippen molar-refractivity contribution in [2.45, 2.75) is 4.21 Å². The van der Waals surface area contributed by atoms with Crippen LogP contribution in [-0.2, 0) is 4.74 Å². The van der Waals surface area contributed by atoms with Crippen molar-refractivity contribution in [1.82, 2.24) is 4.98 Å². The molecule has 0 saturated heterocycles. The molecule has 2 aromatic heterocycles. The van der Waals surface area contributed by atoms with Gasteiger partial charge in [0.05, 0.1) is 17.0 Å². The summed E-state index contributed by atoms with van der Waals surface area (Å²) in [5.74, 6) is -0.320. The zero-order valence-corrected chi connectivity index (χ0v) is 11.7. The van der Waals surface area contributed by atoms with Crippen molar-refractivity contribution in [2.24, 2.45) is 0 Å². The quantitative estimate of drug-likeness (QED) is 0.694. The zero-order valence-electron chi connectivity index (χ0n) is 9.22. The number of anilines is 1. The summed E-state index contributed by atoms with van der Waals surface area (Å²) >= 11 is 4.38. The van der Waals surface area contributed by atoms with E-state index in [1.165, 1.54) is 29.8 Å². The molecule has 17 heavy (non-hydrogen) atoms. The highest BCUT2D eigenvalue weighted by molar-refractivity contribution is 8.00. The van der Waals surface area contributed by atoms with Crippen molar-refractivity contribution in [3.8, 4) is 11.3 Å². The van der Waals surface area contributed by atoms with Gasteiger partial charge in [-0.3, -0.25) is 0 Å². The highest BCUT2D eigenvalue weighted by Gasteiger charge is 2.17. The molecule has 2 rings (SSSR count). The molecule has 2 heterocycles. The fourth-order valence-electron chi connectivity index (χ4n) is 1.32. The second-order valence-corrected chi connectivity index (χ2v) is 6.10. The molecule has 0 radical (unpaired) electrons. The molecule has 0 atom stereocenters. The summed E-state index contributed by atoms with van der Waals surface area (Å²) in [6.07, 6.45) is 1.96. The number of ether oxygens (including phenoxy) is 1. The van der Waals surface area contributed by atoms with Gasteiger partial charge in [0.25, 0.3) is 0 Å². The van der Waals surface area contributed by atoms with Crippen LogP contribution in [0.1, 0.15) is 9.67 Å². The lowest BCUT2D eigenvalue weighted by Gasteiger charge is -1.94. The van der Waals surface area contributed by atoms with Gasteiger partial charge in [-0.1, -0.05) is 0 Å². The predicted molar refractivity (Wildman–Crippen MR) is 73.0 cm³/mol. The summed E-state index contributed by atoms with van der Waals surface area (Å²) in [5.41, 5.74) is 7.36. The van der Waals surface area contributed by atoms with E-state index in [-0.39, 0.29) is 5.97 Å². The Morgan fingerprint density at radius 2 is 2.35 bits per heavy atom. The summed E-state index contributed by atoms with van der Waals surface area (Å²) in [5, 5.41) is 2.41. The molecule has 7 heteroatoms. The van der Waals surface area contributed by atoms with Crippen molar-refractivity contribution in [1.29, 1.82) is 0 Å². The van der Waals surface area contributed by atoms with Gasteiger partial charge in [-0.25, -0.2) is 9.78 Å². The van der Waals surface area contributed by atoms with Crippen LogP contribution < -0.4 is 5.73 Å². The number of methoxy groups -OCH3 is 1. The standard InChI is InChI=1S/C10H10N2O2S3/c1-14-8(13)7-3-5(9(15-2)17-7)6-4-16-10(11)12-6/h3-4H,1-2H3,(H2,11,12). The van der Waals surface area contributed by atoms with Crippen LogP contribution in [0.15, 0.2) is 15.7 Å². The third-order valence-corrected chi connectivity index (χ3v) is 4.99. The van der Waals surface area contributed by atoms with E-state index in [1.54, 1.807) is 17.8 Å². The summed E-state index contributed by atoms with van der Waals surface area (Å²) < 4.78 is 5.75. The number of thiazole rings is 1. The van der Waals surface area contributed by atoms with E-state index in [0.717, 1.165) is 15.5 Å². The van der Waals surface area contributed by atoms with E-state index < -0.39 is 0 Å². The van der Waals surface area contributed by atoms with Gasteiger partial charge < -0.3 is 10.5 Å². The molecule has 0 aliphatic carbocycles. The van der Waals surface area contributed by atoms with Gasteiger partial charge in [-0.05, 0) is 12.3 Å². The van der Waals surface area contributed by atoms with Crippen LogP contribution in [-0.4, -0.2) is 24.3 Å². The summed E-state index contributed by atoms with van der Waals surface area (Å²) in [6.45, 7) is 0. The minimum absolute atomic E-state index is 0.320. The number of carbonyl (C=O) groups is 1. The fourth-order valence-corrected chi connectivity index (χ4v) is 3.68. The van der Waals surface area contributed by atoms with Crippen molar-refractivity contribution < 1.29 is 9.53 Å². The lowest BCUT2D eigenvalue weighted by molar-refractivity contribution is 0.0606. The number of thioether (sulfide) groups is 1. The highest BCUT2D eigenvalue weighted by atomic mass is 32.2. The maximum atomic E-state index is 11.5. The molecule has 2 N–H and O–H groups in total. The molecule has 0 bridgehead atoms. The number of rotatable bonds is 3. The van der Waals surface area contributed by atoms with Gasteiger partial charge >= 0.3 is 5.97 Å². The zero-order chi connectivity index (χ0) is 12.4. The van der Waals surface area contributed by atoms with Crippen LogP contribution in [0.4, 0.5) is 5.13 Å². The average molecular weight is 286 g/mol. The first kappa shape index (κ1) is 12.4. The van der Waals surface area contributed by atoms with E-state index in [9.17, 15) is 4.79 Å². The molecular formula is C10H10N2O2S3. The van der Waals surface area contributed by atoms with Gasteiger partial charge in [0.15, 0.2) is 5.13 Å². The molecule has 0 amide bonds. The van der Waals surface area contributed by atoms with Gasteiger partial charge in [0.2, 0.25) is 0 Å². The van der Waals surface area contributed by atoms with E-state index >= 15 is 0 Å². The van der Waals surface area contributed by atoms with E-state index in [4.69, 9.17) is 10.5 Å². The maximum Gasteiger partial charge on any atom is 0.348 e. The van der Waals surface area contributed by atoms with E-state index in [0.29, 0.717) is 10.0 Å². The number of thiophene rings is 1. The van der Waals surface area contributed by atoms with Gasteiger partial charge in [-0.15, -0.1) is 34.4 Å². The van der Waals surface area contributed by atoms with Gasteiger partial charge in [0, 0.05) is 10.9 Å². The third kappa shape index (κ3) is 2.46. The molecular weight excluding hydrogens is 276 g/mol. The Hall–Kier alpha value is -1.05. The molecule has 0 aliphatic heterocycles. The second-order valence-electron chi connectivity index (χ2n) is 3.08. The molecule has 2 aromatic rings. The Morgan fingerprint density at radius 1 is 1.59 bits per heavy atom. The third-order valence-electron chi connectivity index (χ3n) is 2.07. The number of nitrogens with zero attached hydrogens (tertiary/aromatic N) is 1. The van der Waals surface area contributed by atoms with Crippen LogP contribution in [0, 0.1) is 0 Å². The molecule has 0 fully saturated rings. The lowest BCUT2D eigenvalue weighted by atomic mass is 10.2. The normalized spacial score (nSPS) is 10.5. The summed E-state index contributed by atoms with van der Waals surface area (Å²) in [4.78, 5) is 16.3. The minimum atomic E-state index is -0.320. The first-order valence-electron chi connectivity index (χ1n) is 4.63. The second kappa shape index (κ2) is 5.07. The van der Waals surface area contributed by atoms with Crippen LogP contribution in [0.3, 0.4) is 0 Å². The predicted octanol–water partition coefficient (Wildman–Crippen LogP) is 2.96. The smallest absolute Gasteiger partial charge is 0.348 e. The van der Waals surface area contributed by atoms with Crippen LogP contribution in [0.2, 0.25) is 0 Å². The lowest BCUT2D eigenvalue weighted by Crippen LogP contribution is -1.96. The molecule has 4 nitrogen and oxygen atoms in total. The molecule has 0 saturated carbocycles. The van der Waals surface area contributed by atoms with Crippen molar-refractivity contribution in [3.63, 3.8) is 0 Å². The Kier molecular flexibility index (Phi) is 3.70. The Balaban J connectivity index is 2.46. The van der Waals surface area contributed by atoms with Crippen molar-refractivity contribution >= 4 is 45.5 Å². The largest absolute Gasteiger partial charge is 0.465 e. The number of carbonyl (C=O) groups excluding carboxylic acids is 1. The highest BCUT2D eigenvalue weighted by Crippen LogP contribution is 2.38. The topological polar surface area (TPSA) is 65.2 Å². The first-order valence-corrected chi connectivity index (χ1v) is 7.55. The SMILES string of the molecule is COC(=O)c1cc(-c2csc(N)n2)c(SC)s1. The van der Waals surface area contributed by atoms with E-state index in [1.807, 2.05) is 11.6 Å².